The lowest BCUT2D eigenvalue weighted by molar-refractivity contribution is -0.151. The van der Waals surface area contributed by atoms with Crippen LogP contribution < -0.4 is 5.32 Å². The van der Waals surface area contributed by atoms with Crippen LogP contribution in [0.15, 0.2) is 0 Å². The predicted octanol–water partition coefficient (Wildman–Crippen LogP) is 2.82. The Balaban J connectivity index is 2.63. The van der Waals surface area contributed by atoms with Crippen molar-refractivity contribution in [2.24, 2.45) is 16.7 Å². The standard InChI is InChI=1S/C15H27NO3/c1-11(14(2,3)4)12(17)16-10-15(13(18)19)8-6-5-7-9-15/h11H,5-10H2,1-4H3,(H,16,17)(H,18,19). The van der Waals surface area contributed by atoms with Gasteiger partial charge in [0.05, 0.1) is 5.41 Å². The third-order valence-corrected chi connectivity index (χ3v) is 4.56. The van der Waals surface area contributed by atoms with E-state index >= 15 is 0 Å². The van der Waals surface area contributed by atoms with Gasteiger partial charge in [-0.05, 0) is 18.3 Å². The van der Waals surface area contributed by atoms with Gasteiger partial charge >= 0.3 is 5.97 Å². The maximum absolute atomic E-state index is 12.1. The molecule has 1 atom stereocenters. The molecule has 0 spiro atoms. The molecule has 1 unspecified atom stereocenters. The van der Waals surface area contributed by atoms with E-state index in [1.807, 2.05) is 27.7 Å². The van der Waals surface area contributed by atoms with Gasteiger partial charge in [-0.1, -0.05) is 47.0 Å². The van der Waals surface area contributed by atoms with Crippen LogP contribution in [0.3, 0.4) is 0 Å². The van der Waals surface area contributed by atoms with Gasteiger partial charge in [-0.3, -0.25) is 9.59 Å². The highest BCUT2D eigenvalue weighted by Gasteiger charge is 2.40. The van der Waals surface area contributed by atoms with Crippen LogP contribution in [0.5, 0.6) is 0 Å². The molecule has 1 amide bonds. The largest absolute Gasteiger partial charge is 0.481 e. The highest BCUT2D eigenvalue weighted by molar-refractivity contribution is 5.81. The summed E-state index contributed by atoms with van der Waals surface area (Å²) in [6.07, 6.45) is 4.33. The maximum Gasteiger partial charge on any atom is 0.311 e. The number of nitrogens with one attached hydrogen (secondary N) is 1. The van der Waals surface area contributed by atoms with Crippen molar-refractivity contribution in [3.05, 3.63) is 0 Å². The minimum Gasteiger partial charge on any atom is -0.481 e. The zero-order chi connectivity index (χ0) is 14.7. The average molecular weight is 269 g/mol. The first-order valence-electron chi connectivity index (χ1n) is 7.20. The Morgan fingerprint density at radius 1 is 1.21 bits per heavy atom. The first-order valence-corrected chi connectivity index (χ1v) is 7.20. The lowest BCUT2D eigenvalue weighted by Crippen LogP contribution is -2.47. The van der Waals surface area contributed by atoms with Crippen LogP contribution in [0.4, 0.5) is 0 Å². The second-order valence-corrected chi connectivity index (χ2v) is 6.95. The Bertz CT molecular complexity index is 338. The average Bonchev–Trinajstić information content (AvgIpc) is 2.34. The van der Waals surface area contributed by atoms with Crippen LogP contribution in [-0.4, -0.2) is 23.5 Å². The van der Waals surface area contributed by atoms with E-state index in [2.05, 4.69) is 5.32 Å². The molecule has 19 heavy (non-hydrogen) atoms. The van der Waals surface area contributed by atoms with E-state index in [4.69, 9.17) is 0 Å². The molecule has 110 valence electrons. The molecule has 0 aliphatic heterocycles. The molecular formula is C15H27NO3. The fourth-order valence-electron chi connectivity index (χ4n) is 2.50. The molecule has 0 aromatic heterocycles. The summed E-state index contributed by atoms with van der Waals surface area (Å²) >= 11 is 0. The summed E-state index contributed by atoms with van der Waals surface area (Å²) in [4.78, 5) is 23.6. The van der Waals surface area contributed by atoms with Crippen molar-refractivity contribution in [3.8, 4) is 0 Å². The number of hydrogen-bond donors (Lipinski definition) is 2. The first kappa shape index (κ1) is 16.0. The van der Waals surface area contributed by atoms with Crippen molar-refractivity contribution in [2.45, 2.75) is 59.8 Å². The number of carbonyl (C=O) groups excluding carboxylic acids is 1. The fraction of sp³-hybridized carbons (Fsp3) is 0.867. The highest BCUT2D eigenvalue weighted by Crippen LogP contribution is 2.36. The SMILES string of the molecule is CC(C(=O)NCC1(C(=O)O)CCCCC1)C(C)(C)C. The van der Waals surface area contributed by atoms with Crippen molar-refractivity contribution in [2.75, 3.05) is 6.54 Å². The number of hydrogen-bond acceptors (Lipinski definition) is 2. The molecule has 4 heteroatoms. The monoisotopic (exact) mass is 269 g/mol. The van der Waals surface area contributed by atoms with Gasteiger partial charge in [0.25, 0.3) is 0 Å². The molecule has 1 aliphatic carbocycles. The second-order valence-electron chi connectivity index (χ2n) is 6.95. The van der Waals surface area contributed by atoms with E-state index in [-0.39, 0.29) is 23.8 Å². The summed E-state index contributed by atoms with van der Waals surface area (Å²) in [5.74, 6) is -0.934. The summed E-state index contributed by atoms with van der Waals surface area (Å²) in [7, 11) is 0. The minimum absolute atomic E-state index is 0.0429. The second kappa shape index (κ2) is 5.93. The molecule has 0 aromatic carbocycles. The molecule has 0 saturated heterocycles. The number of carboxylic acids is 1. The third kappa shape index (κ3) is 3.95. The van der Waals surface area contributed by atoms with Gasteiger partial charge in [-0.2, -0.15) is 0 Å². The van der Waals surface area contributed by atoms with Crippen LogP contribution >= 0.6 is 0 Å². The van der Waals surface area contributed by atoms with Gasteiger partial charge in [-0.15, -0.1) is 0 Å². The molecule has 0 heterocycles. The van der Waals surface area contributed by atoms with Crippen LogP contribution in [0.1, 0.15) is 59.8 Å². The van der Waals surface area contributed by atoms with Gasteiger partial charge in [0.1, 0.15) is 0 Å². The molecular weight excluding hydrogens is 242 g/mol. The van der Waals surface area contributed by atoms with Crippen molar-refractivity contribution in [1.82, 2.24) is 5.32 Å². The summed E-state index contributed by atoms with van der Waals surface area (Å²) in [5.41, 5.74) is -0.849. The number of amides is 1. The van der Waals surface area contributed by atoms with Crippen molar-refractivity contribution in [3.63, 3.8) is 0 Å². The quantitative estimate of drug-likeness (QED) is 0.824. The smallest absolute Gasteiger partial charge is 0.311 e. The molecule has 2 N–H and O–H groups in total. The Kier molecular flexibility index (Phi) is 4.99. The molecule has 0 aromatic rings. The van der Waals surface area contributed by atoms with E-state index in [1.165, 1.54) is 0 Å². The molecule has 1 fully saturated rings. The summed E-state index contributed by atoms with van der Waals surface area (Å²) in [5, 5.41) is 12.3. The zero-order valence-electron chi connectivity index (χ0n) is 12.6. The summed E-state index contributed by atoms with van der Waals surface area (Å²) in [6, 6.07) is 0. The Hall–Kier alpha value is -1.06. The van der Waals surface area contributed by atoms with Crippen LogP contribution in [0.2, 0.25) is 0 Å². The topological polar surface area (TPSA) is 66.4 Å². The predicted molar refractivity (Wildman–Crippen MR) is 74.8 cm³/mol. The van der Waals surface area contributed by atoms with E-state index in [0.717, 1.165) is 19.3 Å². The number of rotatable bonds is 4. The number of carboxylic acid groups (broad SMARTS) is 1. The number of carbonyl (C=O) groups is 2. The molecule has 0 radical (unpaired) electrons. The molecule has 0 bridgehead atoms. The van der Waals surface area contributed by atoms with Crippen molar-refractivity contribution >= 4 is 11.9 Å². The zero-order valence-corrected chi connectivity index (χ0v) is 12.6. The molecule has 1 aliphatic rings. The van der Waals surface area contributed by atoms with Gasteiger partial charge in [0.15, 0.2) is 0 Å². The Morgan fingerprint density at radius 2 is 1.74 bits per heavy atom. The lowest BCUT2D eigenvalue weighted by atomic mass is 9.73. The van der Waals surface area contributed by atoms with E-state index in [0.29, 0.717) is 12.8 Å². The Labute approximate surface area is 116 Å². The van der Waals surface area contributed by atoms with Crippen LogP contribution in [0.25, 0.3) is 0 Å². The van der Waals surface area contributed by atoms with Crippen molar-refractivity contribution < 1.29 is 14.7 Å². The van der Waals surface area contributed by atoms with Crippen LogP contribution in [-0.2, 0) is 9.59 Å². The van der Waals surface area contributed by atoms with Gasteiger partial charge in [0, 0.05) is 12.5 Å². The minimum atomic E-state index is -0.768. The third-order valence-electron chi connectivity index (χ3n) is 4.56. The Morgan fingerprint density at radius 3 is 2.16 bits per heavy atom. The van der Waals surface area contributed by atoms with E-state index in [1.54, 1.807) is 0 Å². The molecule has 1 rings (SSSR count). The highest BCUT2D eigenvalue weighted by atomic mass is 16.4. The lowest BCUT2D eigenvalue weighted by Gasteiger charge is -2.34. The first-order chi connectivity index (χ1) is 8.69. The summed E-state index contributed by atoms with van der Waals surface area (Å²) < 4.78 is 0. The van der Waals surface area contributed by atoms with Gasteiger partial charge in [-0.25, -0.2) is 0 Å². The van der Waals surface area contributed by atoms with Crippen molar-refractivity contribution in [1.29, 1.82) is 0 Å². The van der Waals surface area contributed by atoms with Crippen LogP contribution in [0, 0.1) is 16.7 Å². The van der Waals surface area contributed by atoms with E-state index < -0.39 is 11.4 Å². The van der Waals surface area contributed by atoms with Gasteiger partial charge < -0.3 is 10.4 Å². The maximum atomic E-state index is 12.1. The molecule has 4 nitrogen and oxygen atoms in total. The van der Waals surface area contributed by atoms with Gasteiger partial charge in [0.2, 0.25) is 5.91 Å². The normalized spacial score (nSPS) is 20.6. The fourth-order valence-corrected chi connectivity index (χ4v) is 2.50. The molecule has 1 saturated carbocycles. The van der Waals surface area contributed by atoms with E-state index in [9.17, 15) is 14.7 Å². The number of aliphatic carboxylic acids is 1. The summed E-state index contributed by atoms with van der Waals surface area (Å²) in [6.45, 7) is 8.21.